The first-order valence-corrected chi connectivity index (χ1v) is 4.58. The number of rotatable bonds is 2. The molecule has 0 heterocycles. The van der Waals surface area contributed by atoms with Gasteiger partial charge in [-0.3, -0.25) is 0 Å². The summed E-state index contributed by atoms with van der Waals surface area (Å²) in [7, 11) is 7.69. The van der Waals surface area contributed by atoms with E-state index in [0.717, 1.165) is 0 Å². The van der Waals surface area contributed by atoms with E-state index in [1.54, 1.807) is 0 Å². The quantitative estimate of drug-likeness (QED) is 0.394. The lowest BCUT2D eigenvalue weighted by atomic mass is 11.3. The molecular weight excluding hydrogens is 120 g/mol. The van der Waals surface area contributed by atoms with E-state index in [1.807, 2.05) is 0 Å². The highest BCUT2D eigenvalue weighted by Crippen LogP contribution is 1.69. The summed E-state index contributed by atoms with van der Waals surface area (Å²) in [6.45, 7) is 0. The van der Waals surface area contributed by atoms with Crippen LogP contribution in [0.4, 0.5) is 0 Å². The van der Waals surface area contributed by atoms with Crippen LogP contribution in [0.3, 0.4) is 0 Å². The van der Waals surface area contributed by atoms with Crippen LogP contribution in [0.2, 0.25) is 0 Å². The summed E-state index contributed by atoms with van der Waals surface area (Å²) >= 11 is 0. The molecule has 0 aromatic carbocycles. The fourth-order valence-corrected chi connectivity index (χ4v) is 3.39. The van der Waals surface area contributed by atoms with Crippen molar-refractivity contribution in [2.45, 2.75) is 0 Å². The van der Waals surface area contributed by atoms with Crippen LogP contribution < -0.4 is 0 Å². The Morgan fingerprint density at radius 1 is 1.29 bits per heavy atom. The van der Waals surface area contributed by atoms with E-state index in [-0.39, 0.29) is 9.84 Å². The maximum atomic E-state index is 2.40. The van der Waals surface area contributed by atoms with Gasteiger partial charge >= 0.3 is 0 Å². The Hall–Kier alpha value is 0.354. The minimum Gasteiger partial charge on any atom is -0.349 e. The highest BCUT2D eigenvalue weighted by Gasteiger charge is 1.89. The van der Waals surface area contributed by atoms with Crippen LogP contribution in [-0.4, -0.2) is 50.2 Å². The maximum Gasteiger partial charge on any atom is 0.165 e. The van der Waals surface area contributed by atoms with Crippen molar-refractivity contribution in [2.75, 3.05) is 21.1 Å². The molecule has 0 unspecified atom stereocenters. The molecule has 0 atom stereocenters. The summed E-state index contributed by atoms with van der Waals surface area (Å²) in [6, 6.07) is 0. The number of nitrogens with zero attached hydrogens (tertiary/aromatic N) is 2. The molecule has 0 N–H and O–H groups in total. The van der Waals surface area contributed by atoms with Crippen molar-refractivity contribution in [3.8, 4) is 0 Å². The van der Waals surface area contributed by atoms with Gasteiger partial charge in [0.15, 0.2) is 9.84 Å². The van der Waals surface area contributed by atoms with Crippen molar-refractivity contribution < 1.29 is 0 Å². The Balaban J connectivity index is 2.95. The van der Waals surface area contributed by atoms with Crippen molar-refractivity contribution in [1.29, 1.82) is 0 Å². The van der Waals surface area contributed by atoms with Gasteiger partial charge in [0.25, 0.3) is 0 Å². The third kappa shape index (κ3) is 6.35. The first-order chi connectivity index (χ1) is 3.13. The van der Waals surface area contributed by atoms with Gasteiger partial charge in [-0.15, -0.1) is 0 Å². The molecule has 0 fully saturated rings. The molecule has 0 aromatic rings. The van der Waals surface area contributed by atoms with E-state index in [1.165, 1.54) is 10.4 Å². The highest BCUT2D eigenvalue weighted by molar-refractivity contribution is 6.38. The largest absolute Gasteiger partial charge is 0.349 e. The van der Waals surface area contributed by atoms with Crippen molar-refractivity contribution in [2.24, 2.45) is 0 Å². The summed E-state index contributed by atoms with van der Waals surface area (Å²) in [5.41, 5.74) is 0. The van der Waals surface area contributed by atoms with E-state index in [9.17, 15) is 0 Å². The molecule has 4 heteroatoms. The molecule has 0 spiro atoms. The molecule has 7 heavy (non-hydrogen) atoms. The van der Waals surface area contributed by atoms with Crippen molar-refractivity contribution in [3.63, 3.8) is 0 Å². The first-order valence-electron chi connectivity index (χ1n) is 2.42. The topological polar surface area (TPSA) is 6.48 Å². The molecule has 0 bridgehead atoms. The zero-order valence-corrected chi connectivity index (χ0v) is 9.02. The summed E-state index contributed by atoms with van der Waals surface area (Å²) in [5, 5.41) is 0. The average molecular weight is 134 g/mol. The van der Waals surface area contributed by atoms with E-state index >= 15 is 0 Å². The summed E-state index contributed by atoms with van der Waals surface area (Å²) in [4.78, 5) is 0. The minimum atomic E-state index is 0.00926. The molecular formula is C3H14N2Si2. The molecule has 0 aliphatic carbocycles. The predicted octanol–water partition coefficient (Wildman–Crippen LogP) is -2.24. The molecule has 0 amide bonds. The highest BCUT2D eigenvalue weighted by atomic mass is 28.3. The van der Waals surface area contributed by atoms with Gasteiger partial charge in [-0.05, 0) is 21.1 Å². The van der Waals surface area contributed by atoms with Gasteiger partial charge in [-0.1, -0.05) is 0 Å². The van der Waals surface area contributed by atoms with Crippen LogP contribution in [0, 0.1) is 0 Å². The minimum absolute atomic E-state index is 0.00926. The summed E-state index contributed by atoms with van der Waals surface area (Å²) in [5.74, 6) is 0. The second-order valence-corrected chi connectivity index (χ2v) is 7.91. The van der Waals surface area contributed by atoms with Crippen molar-refractivity contribution >= 4 is 20.2 Å². The molecule has 0 saturated heterocycles. The van der Waals surface area contributed by atoms with Gasteiger partial charge in [-0.25, -0.2) is 0 Å². The third-order valence-electron chi connectivity index (χ3n) is 0.566. The van der Waals surface area contributed by atoms with Crippen LogP contribution in [0.1, 0.15) is 0 Å². The van der Waals surface area contributed by atoms with Crippen LogP contribution in [0.25, 0.3) is 0 Å². The summed E-state index contributed by atoms with van der Waals surface area (Å²) in [6.07, 6.45) is 0. The van der Waals surface area contributed by atoms with Crippen LogP contribution in [0.15, 0.2) is 0 Å². The zero-order chi connectivity index (χ0) is 5.86. The third-order valence-corrected chi connectivity index (χ3v) is 2.55. The Morgan fingerprint density at radius 3 is 1.71 bits per heavy atom. The lowest BCUT2D eigenvalue weighted by Gasteiger charge is -2.14. The lowest BCUT2D eigenvalue weighted by molar-refractivity contribution is 0.611. The molecule has 44 valence electrons. The molecule has 0 saturated carbocycles. The second-order valence-electron chi connectivity index (χ2n) is 2.30. The van der Waals surface area contributed by atoms with Crippen molar-refractivity contribution in [3.05, 3.63) is 0 Å². The van der Waals surface area contributed by atoms with Gasteiger partial charge < -0.3 is 8.80 Å². The fourth-order valence-electron chi connectivity index (χ4n) is 0.566. The Morgan fingerprint density at radius 2 is 1.71 bits per heavy atom. The smallest absolute Gasteiger partial charge is 0.165 e. The first kappa shape index (κ1) is 7.35. The standard InChI is InChI=1S/C3H14N2Si2/c1-4(2)7-5(3)6/h7H2,1-3,6H3. The molecule has 0 aliphatic rings. The zero-order valence-electron chi connectivity index (χ0n) is 5.60. The van der Waals surface area contributed by atoms with E-state index in [0.29, 0.717) is 0 Å². The van der Waals surface area contributed by atoms with Crippen LogP contribution in [-0.2, 0) is 0 Å². The summed E-state index contributed by atoms with van der Waals surface area (Å²) < 4.78 is 4.70. The van der Waals surface area contributed by atoms with E-state index in [2.05, 4.69) is 29.9 Å². The second kappa shape index (κ2) is 3.37. The normalized spacial score (nSPS) is 13.3. The predicted molar refractivity (Wildman–Crippen MR) is 39.9 cm³/mol. The number of hydrogen-bond donors (Lipinski definition) is 0. The molecule has 2 nitrogen and oxygen atoms in total. The van der Waals surface area contributed by atoms with Crippen molar-refractivity contribution in [1.82, 2.24) is 8.80 Å². The Labute approximate surface area is 51.0 Å². The van der Waals surface area contributed by atoms with Gasteiger partial charge in [-0.2, -0.15) is 0 Å². The van der Waals surface area contributed by atoms with Gasteiger partial charge in [0, 0.05) is 0 Å². The average Bonchev–Trinajstić information content (AvgIpc) is 1.27. The molecule has 0 rings (SSSR count). The van der Waals surface area contributed by atoms with Crippen LogP contribution >= 0.6 is 0 Å². The molecule has 0 aliphatic heterocycles. The van der Waals surface area contributed by atoms with Gasteiger partial charge in [0.05, 0.1) is 10.4 Å². The fraction of sp³-hybridized carbons (Fsp3) is 1.00. The van der Waals surface area contributed by atoms with Gasteiger partial charge in [0.2, 0.25) is 0 Å². The van der Waals surface area contributed by atoms with E-state index < -0.39 is 0 Å². The Bertz CT molecular complexity index is 40.2. The monoisotopic (exact) mass is 134 g/mol. The SMILES string of the molecule is CN(C)[SiH2]N(C)[SiH3]. The molecule has 0 aromatic heterocycles. The lowest BCUT2D eigenvalue weighted by Crippen LogP contribution is -2.32. The number of hydrogen-bond acceptors (Lipinski definition) is 2. The van der Waals surface area contributed by atoms with E-state index in [4.69, 9.17) is 0 Å². The molecule has 0 radical (unpaired) electrons. The van der Waals surface area contributed by atoms with Gasteiger partial charge in [0.1, 0.15) is 0 Å². The van der Waals surface area contributed by atoms with Crippen LogP contribution in [0.5, 0.6) is 0 Å². The maximum absolute atomic E-state index is 2.40. The Kier molecular flexibility index (Phi) is 3.54.